The van der Waals surface area contributed by atoms with Crippen molar-refractivity contribution in [2.45, 2.75) is 71.9 Å². The Morgan fingerprint density at radius 3 is 2.79 bits per heavy atom. The van der Waals surface area contributed by atoms with Gasteiger partial charge in [-0.25, -0.2) is 9.97 Å². The monoisotopic (exact) mass is 451 g/mol. The molecule has 2 aliphatic rings. The van der Waals surface area contributed by atoms with Crippen LogP contribution in [0.3, 0.4) is 0 Å². The molecule has 178 valence electrons. The third-order valence-corrected chi connectivity index (χ3v) is 6.61. The number of aromatic nitrogens is 3. The summed E-state index contributed by atoms with van der Waals surface area (Å²) in [5, 5.41) is 0. The number of pyridine rings is 1. The summed E-state index contributed by atoms with van der Waals surface area (Å²) in [6.45, 7) is 10.3. The van der Waals surface area contributed by atoms with Gasteiger partial charge in [-0.15, -0.1) is 0 Å². The molecule has 4 rings (SSSR count). The summed E-state index contributed by atoms with van der Waals surface area (Å²) < 4.78 is 6.20. The van der Waals surface area contributed by atoms with E-state index in [1.165, 1.54) is 0 Å². The van der Waals surface area contributed by atoms with Crippen molar-refractivity contribution in [1.82, 2.24) is 19.9 Å². The van der Waals surface area contributed by atoms with Crippen molar-refractivity contribution >= 4 is 11.6 Å². The fraction of sp³-hybridized carbons (Fsp3) is 0.615. The molecule has 2 aromatic heterocycles. The minimum Gasteiger partial charge on any atom is -0.489 e. The number of likely N-dealkylation sites (N-methyl/N-ethyl adjacent to an activating group) is 2. The van der Waals surface area contributed by atoms with Crippen LogP contribution in [0, 0.1) is 5.41 Å². The van der Waals surface area contributed by atoms with Crippen molar-refractivity contribution in [2.75, 3.05) is 32.1 Å². The van der Waals surface area contributed by atoms with Crippen molar-refractivity contribution in [3.8, 4) is 17.3 Å². The lowest BCUT2D eigenvalue weighted by Crippen LogP contribution is -2.38. The predicted molar refractivity (Wildman–Crippen MR) is 131 cm³/mol. The van der Waals surface area contributed by atoms with E-state index in [0.717, 1.165) is 61.6 Å². The zero-order valence-corrected chi connectivity index (χ0v) is 20.9. The number of likely N-dealkylation sites (tertiary alicyclic amines) is 1. The van der Waals surface area contributed by atoms with E-state index in [1.54, 1.807) is 6.20 Å². The highest BCUT2D eigenvalue weighted by Crippen LogP contribution is 2.33. The minimum atomic E-state index is -0.251. The van der Waals surface area contributed by atoms with Crippen LogP contribution < -0.4 is 9.64 Å². The highest BCUT2D eigenvalue weighted by atomic mass is 16.5. The molecule has 7 heteroatoms. The third-order valence-electron chi connectivity index (χ3n) is 6.61. The lowest BCUT2D eigenvalue weighted by molar-refractivity contribution is -0.121. The number of hydrogen-bond acceptors (Lipinski definition) is 7. The van der Waals surface area contributed by atoms with Crippen LogP contribution in [0.1, 0.15) is 58.2 Å². The smallest absolute Gasteiger partial charge is 0.180 e. The van der Waals surface area contributed by atoms with Gasteiger partial charge in [-0.1, -0.05) is 20.8 Å². The van der Waals surface area contributed by atoms with Gasteiger partial charge in [0, 0.05) is 50.1 Å². The molecule has 0 radical (unpaired) electrons. The third kappa shape index (κ3) is 5.52. The molecule has 0 aromatic carbocycles. The summed E-state index contributed by atoms with van der Waals surface area (Å²) in [7, 11) is 4.09. The molecule has 1 aliphatic heterocycles. The zero-order valence-electron chi connectivity index (χ0n) is 20.9. The standard InChI is InChI=1S/C26H37N5O2/c1-17(23(32)15-26(2,3)4)31(6)25-20-8-7-9-21(20)28-24(29-25)22-14-18(10-12-27-22)33-19-11-13-30(5)16-19/h10,12,14,17,19H,7-9,11,13,15-16H2,1-6H3/t17-,19-/m1/s1. The molecule has 33 heavy (non-hydrogen) atoms. The molecule has 1 saturated heterocycles. The summed E-state index contributed by atoms with van der Waals surface area (Å²) in [4.78, 5) is 31.6. The van der Waals surface area contributed by atoms with Crippen molar-refractivity contribution < 1.29 is 9.53 Å². The summed E-state index contributed by atoms with van der Waals surface area (Å²) >= 11 is 0. The second-order valence-electron chi connectivity index (χ2n) is 10.8. The van der Waals surface area contributed by atoms with Gasteiger partial charge in [0.2, 0.25) is 0 Å². The van der Waals surface area contributed by atoms with Crippen LogP contribution in [0.4, 0.5) is 5.82 Å². The van der Waals surface area contributed by atoms with Crippen LogP contribution in [0.25, 0.3) is 11.5 Å². The molecule has 0 bridgehead atoms. The number of carbonyl (C=O) groups excluding carboxylic acids is 1. The summed E-state index contributed by atoms with van der Waals surface area (Å²) in [6.07, 6.45) is 6.46. The van der Waals surface area contributed by atoms with Crippen molar-refractivity contribution in [3.63, 3.8) is 0 Å². The Morgan fingerprint density at radius 1 is 1.30 bits per heavy atom. The van der Waals surface area contributed by atoms with Gasteiger partial charge >= 0.3 is 0 Å². The molecule has 7 nitrogen and oxygen atoms in total. The second-order valence-corrected chi connectivity index (χ2v) is 10.8. The zero-order chi connectivity index (χ0) is 23.8. The number of Topliss-reactive ketones (excluding diaryl/α,β-unsaturated/α-hetero) is 1. The molecule has 2 aromatic rings. The molecule has 0 amide bonds. The van der Waals surface area contributed by atoms with E-state index in [-0.39, 0.29) is 23.3 Å². The average Bonchev–Trinajstić information content (AvgIpc) is 3.39. The van der Waals surface area contributed by atoms with E-state index in [2.05, 4.69) is 37.7 Å². The maximum atomic E-state index is 12.9. The van der Waals surface area contributed by atoms with Crippen molar-refractivity contribution in [3.05, 3.63) is 29.6 Å². The molecular weight excluding hydrogens is 414 g/mol. The molecule has 1 aliphatic carbocycles. The van der Waals surface area contributed by atoms with Gasteiger partial charge in [0.1, 0.15) is 23.4 Å². The van der Waals surface area contributed by atoms with Crippen molar-refractivity contribution in [2.24, 2.45) is 5.41 Å². The Labute approximate surface area is 197 Å². The number of ether oxygens (including phenoxy) is 1. The normalized spacial score (nSPS) is 19.4. The first-order valence-electron chi connectivity index (χ1n) is 12.1. The van der Waals surface area contributed by atoms with Crippen LogP contribution in [-0.2, 0) is 17.6 Å². The van der Waals surface area contributed by atoms with Crippen LogP contribution in [0.2, 0.25) is 0 Å². The van der Waals surface area contributed by atoms with E-state index >= 15 is 0 Å². The number of rotatable bonds is 7. The molecule has 1 fully saturated rings. The van der Waals surface area contributed by atoms with Crippen LogP contribution in [0.15, 0.2) is 18.3 Å². The van der Waals surface area contributed by atoms with Gasteiger partial charge in [-0.05, 0) is 51.1 Å². The van der Waals surface area contributed by atoms with Crippen molar-refractivity contribution in [1.29, 1.82) is 0 Å². The highest BCUT2D eigenvalue weighted by molar-refractivity contribution is 5.87. The SMILES string of the molecule is C[C@H](C(=O)CC(C)(C)C)N(C)c1nc(-c2cc(O[C@@H]3CCN(C)C3)ccn2)nc2c1CCC2. The quantitative estimate of drug-likeness (QED) is 0.631. The maximum Gasteiger partial charge on any atom is 0.180 e. The molecule has 2 atom stereocenters. The van der Waals surface area contributed by atoms with Gasteiger partial charge in [0.15, 0.2) is 11.6 Å². The Bertz CT molecular complexity index is 1020. The van der Waals surface area contributed by atoms with E-state index in [1.807, 2.05) is 31.0 Å². The lowest BCUT2D eigenvalue weighted by Gasteiger charge is -2.29. The number of aryl methyl sites for hydroxylation is 1. The number of hydrogen-bond donors (Lipinski definition) is 0. The van der Waals surface area contributed by atoms with Gasteiger partial charge in [-0.3, -0.25) is 9.78 Å². The number of carbonyl (C=O) groups is 1. The summed E-state index contributed by atoms with van der Waals surface area (Å²) in [5.41, 5.74) is 2.90. The van der Waals surface area contributed by atoms with Gasteiger partial charge in [-0.2, -0.15) is 0 Å². The summed E-state index contributed by atoms with van der Waals surface area (Å²) in [5.74, 6) is 2.48. The number of anilines is 1. The Kier molecular flexibility index (Phi) is 6.71. The maximum absolute atomic E-state index is 12.9. The Morgan fingerprint density at radius 2 is 2.09 bits per heavy atom. The summed E-state index contributed by atoms with van der Waals surface area (Å²) in [6, 6.07) is 3.58. The van der Waals surface area contributed by atoms with Gasteiger partial charge in [0.05, 0.1) is 6.04 Å². The van der Waals surface area contributed by atoms with E-state index in [0.29, 0.717) is 17.9 Å². The van der Waals surface area contributed by atoms with Gasteiger partial charge in [0.25, 0.3) is 0 Å². The Balaban J connectivity index is 1.61. The number of nitrogens with zero attached hydrogens (tertiary/aromatic N) is 5. The molecule has 0 N–H and O–H groups in total. The average molecular weight is 452 g/mol. The first-order valence-corrected chi connectivity index (χ1v) is 12.1. The fourth-order valence-corrected chi connectivity index (χ4v) is 4.68. The van der Waals surface area contributed by atoms with E-state index < -0.39 is 0 Å². The first kappa shape index (κ1) is 23.6. The molecule has 0 saturated carbocycles. The van der Waals surface area contributed by atoms with Crippen LogP contribution in [0.5, 0.6) is 5.75 Å². The minimum absolute atomic E-state index is 0.0382. The van der Waals surface area contributed by atoms with E-state index in [4.69, 9.17) is 14.7 Å². The fourth-order valence-electron chi connectivity index (χ4n) is 4.68. The van der Waals surface area contributed by atoms with Gasteiger partial charge < -0.3 is 14.5 Å². The lowest BCUT2D eigenvalue weighted by atomic mass is 9.88. The van der Waals surface area contributed by atoms with E-state index in [9.17, 15) is 4.79 Å². The molecule has 0 unspecified atom stereocenters. The first-order chi connectivity index (χ1) is 15.6. The topological polar surface area (TPSA) is 71.5 Å². The molecule has 3 heterocycles. The molecule has 0 spiro atoms. The number of ketones is 1. The highest BCUT2D eigenvalue weighted by Gasteiger charge is 2.29. The number of fused-ring (bicyclic) bond motifs is 1. The van der Waals surface area contributed by atoms with Crippen LogP contribution in [-0.4, -0.2) is 65.0 Å². The predicted octanol–water partition coefficient (Wildman–Crippen LogP) is 3.94. The molecular formula is C26H37N5O2. The Hall–Kier alpha value is -2.54. The second kappa shape index (κ2) is 9.37. The van der Waals surface area contributed by atoms with Crippen LogP contribution >= 0.6 is 0 Å². The largest absolute Gasteiger partial charge is 0.489 e.